The summed E-state index contributed by atoms with van der Waals surface area (Å²) in [6.45, 7) is 2.14. The average Bonchev–Trinajstić information content (AvgIpc) is 2.83. The van der Waals surface area contributed by atoms with E-state index in [0.29, 0.717) is 25.2 Å². The fraction of sp³-hybridized carbons (Fsp3) is 0.923. The molecular weight excluding hydrogens is 216 g/mol. The Hall–Kier alpha value is -0.610. The summed E-state index contributed by atoms with van der Waals surface area (Å²) in [5, 5.41) is 0. The number of nitrogens with zero attached hydrogens (tertiary/aromatic N) is 1. The molecule has 2 aliphatic rings. The predicted molar refractivity (Wildman–Crippen MR) is 66.6 cm³/mol. The third-order valence-corrected chi connectivity index (χ3v) is 3.84. The molecule has 17 heavy (non-hydrogen) atoms. The first-order chi connectivity index (χ1) is 8.29. The molecule has 1 aliphatic carbocycles. The van der Waals surface area contributed by atoms with Crippen molar-refractivity contribution in [2.75, 3.05) is 19.6 Å². The van der Waals surface area contributed by atoms with Gasteiger partial charge in [0.2, 0.25) is 5.91 Å². The van der Waals surface area contributed by atoms with Gasteiger partial charge in [0, 0.05) is 26.1 Å². The van der Waals surface area contributed by atoms with Gasteiger partial charge in [-0.05, 0) is 25.7 Å². The lowest BCUT2D eigenvalue weighted by atomic mass is 10.1. The number of hydrogen-bond acceptors (Lipinski definition) is 3. The maximum Gasteiger partial charge on any atom is 0.223 e. The summed E-state index contributed by atoms with van der Waals surface area (Å²) in [6.07, 6.45) is 8.43. The van der Waals surface area contributed by atoms with Crippen LogP contribution in [0.4, 0.5) is 0 Å². The Morgan fingerprint density at radius 1 is 1.12 bits per heavy atom. The summed E-state index contributed by atoms with van der Waals surface area (Å²) in [4.78, 5) is 13.6. The maximum atomic E-state index is 11.7. The maximum absolute atomic E-state index is 11.7. The lowest BCUT2D eigenvalue weighted by Crippen LogP contribution is -2.42. The van der Waals surface area contributed by atoms with E-state index < -0.39 is 0 Å². The lowest BCUT2D eigenvalue weighted by Gasteiger charge is -2.33. The van der Waals surface area contributed by atoms with Crippen molar-refractivity contribution in [3.05, 3.63) is 0 Å². The molecule has 0 unspecified atom stereocenters. The Labute approximate surface area is 103 Å². The number of amides is 1. The highest BCUT2D eigenvalue weighted by Crippen LogP contribution is 2.25. The van der Waals surface area contributed by atoms with Gasteiger partial charge in [-0.25, -0.2) is 0 Å². The summed E-state index contributed by atoms with van der Waals surface area (Å²) in [6, 6.07) is 0. The van der Waals surface area contributed by atoms with E-state index in [9.17, 15) is 4.79 Å². The van der Waals surface area contributed by atoms with Gasteiger partial charge in [-0.15, -0.1) is 0 Å². The normalized spacial score (nSPS) is 23.2. The molecule has 4 nitrogen and oxygen atoms in total. The van der Waals surface area contributed by atoms with Gasteiger partial charge in [0.05, 0.1) is 12.2 Å². The molecule has 4 heteroatoms. The van der Waals surface area contributed by atoms with E-state index in [4.69, 9.17) is 10.5 Å². The zero-order valence-electron chi connectivity index (χ0n) is 10.6. The van der Waals surface area contributed by atoms with Gasteiger partial charge in [-0.3, -0.25) is 4.79 Å². The van der Waals surface area contributed by atoms with E-state index in [1.165, 1.54) is 25.7 Å². The van der Waals surface area contributed by atoms with Crippen LogP contribution in [0.15, 0.2) is 0 Å². The van der Waals surface area contributed by atoms with Crippen molar-refractivity contribution in [3.8, 4) is 0 Å². The van der Waals surface area contributed by atoms with E-state index >= 15 is 0 Å². The second-order valence-electron chi connectivity index (χ2n) is 5.16. The van der Waals surface area contributed by atoms with E-state index in [-0.39, 0.29) is 5.91 Å². The van der Waals surface area contributed by atoms with Crippen LogP contribution in [0.5, 0.6) is 0 Å². The molecule has 0 bridgehead atoms. The van der Waals surface area contributed by atoms with E-state index in [0.717, 1.165) is 25.9 Å². The second kappa shape index (κ2) is 6.36. The largest absolute Gasteiger partial charge is 0.375 e. The predicted octanol–water partition coefficient (Wildman–Crippen LogP) is 1.29. The van der Waals surface area contributed by atoms with Gasteiger partial charge in [0.15, 0.2) is 0 Å². The van der Waals surface area contributed by atoms with Crippen molar-refractivity contribution in [1.82, 2.24) is 4.90 Å². The average molecular weight is 240 g/mol. The Morgan fingerprint density at radius 2 is 1.71 bits per heavy atom. The van der Waals surface area contributed by atoms with Crippen LogP contribution in [0.3, 0.4) is 0 Å². The van der Waals surface area contributed by atoms with Gasteiger partial charge in [-0.1, -0.05) is 12.8 Å². The van der Waals surface area contributed by atoms with Gasteiger partial charge in [0.1, 0.15) is 0 Å². The first kappa shape index (κ1) is 12.8. The molecule has 0 aromatic rings. The number of piperidine rings is 1. The quantitative estimate of drug-likeness (QED) is 0.805. The number of carbonyl (C=O) groups excluding carboxylic acids is 1. The Balaban J connectivity index is 1.68. The third-order valence-electron chi connectivity index (χ3n) is 3.84. The summed E-state index contributed by atoms with van der Waals surface area (Å²) in [5.74, 6) is 0.201. The first-order valence-electron chi connectivity index (χ1n) is 6.93. The second-order valence-corrected chi connectivity index (χ2v) is 5.16. The van der Waals surface area contributed by atoms with Crippen molar-refractivity contribution >= 4 is 5.91 Å². The molecule has 1 saturated carbocycles. The summed E-state index contributed by atoms with van der Waals surface area (Å²) in [7, 11) is 0. The van der Waals surface area contributed by atoms with Crippen LogP contribution in [0, 0.1) is 0 Å². The summed E-state index contributed by atoms with van der Waals surface area (Å²) in [5.41, 5.74) is 5.40. The van der Waals surface area contributed by atoms with Crippen LogP contribution in [0.2, 0.25) is 0 Å². The highest BCUT2D eigenvalue weighted by molar-refractivity contribution is 5.76. The molecule has 0 atom stereocenters. The molecule has 0 spiro atoms. The standard InChI is InChI=1S/C13H24N2O2/c14-8-5-13(16)15-9-6-12(7-10-15)17-11-3-1-2-4-11/h11-12H,1-10,14H2. The molecule has 0 aromatic heterocycles. The van der Waals surface area contributed by atoms with Crippen LogP contribution >= 0.6 is 0 Å². The fourth-order valence-corrected chi connectivity index (χ4v) is 2.82. The highest BCUT2D eigenvalue weighted by Gasteiger charge is 2.26. The number of ether oxygens (including phenoxy) is 1. The fourth-order valence-electron chi connectivity index (χ4n) is 2.82. The third kappa shape index (κ3) is 3.68. The number of rotatable bonds is 4. The van der Waals surface area contributed by atoms with Crippen LogP contribution < -0.4 is 5.73 Å². The number of carbonyl (C=O) groups is 1. The van der Waals surface area contributed by atoms with Crippen molar-refractivity contribution in [2.45, 2.75) is 57.2 Å². The van der Waals surface area contributed by atoms with Crippen LogP contribution in [-0.2, 0) is 9.53 Å². The van der Waals surface area contributed by atoms with Crippen LogP contribution in [0.1, 0.15) is 44.9 Å². The lowest BCUT2D eigenvalue weighted by molar-refractivity contribution is -0.134. The zero-order valence-corrected chi connectivity index (χ0v) is 10.6. The van der Waals surface area contributed by atoms with Crippen molar-refractivity contribution in [3.63, 3.8) is 0 Å². The molecule has 98 valence electrons. The number of nitrogens with two attached hydrogens (primary N) is 1. The van der Waals surface area contributed by atoms with Gasteiger partial charge >= 0.3 is 0 Å². The molecule has 2 fully saturated rings. The SMILES string of the molecule is NCCC(=O)N1CCC(OC2CCCC2)CC1. The van der Waals surface area contributed by atoms with Crippen LogP contribution in [0.25, 0.3) is 0 Å². The molecule has 1 amide bonds. The molecule has 2 N–H and O–H groups in total. The zero-order chi connectivity index (χ0) is 12.1. The van der Waals surface area contributed by atoms with Crippen LogP contribution in [-0.4, -0.2) is 42.6 Å². The van der Waals surface area contributed by atoms with Crippen molar-refractivity contribution < 1.29 is 9.53 Å². The minimum Gasteiger partial charge on any atom is -0.375 e. The highest BCUT2D eigenvalue weighted by atomic mass is 16.5. The first-order valence-corrected chi connectivity index (χ1v) is 6.93. The Kier molecular flexibility index (Phi) is 4.80. The van der Waals surface area contributed by atoms with E-state index in [1.54, 1.807) is 0 Å². The number of likely N-dealkylation sites (tertiary alicyclic amines) is 1. The van der Waals surface area contributed by atoms with Crippen molar-refractivity contribution in [1.29, 1.82) is 0 Å². The van der Waals surface area contributed by atoms with Crippen molar-refractivity contribution in [2.24, 2.45) is 5.73 Å². The minimum atomic E-state index is 0.201. The Morgan fingerprint density at radius 3 is 2.29 bits per heavy atom. The molecule has 0 radical (unpaired) electrons. The topological polar surface area (TPSA) is 55.6 Å². The molecule has 2 rings (SSSR count). The number of hydrogen-bond donors (Lipinski definition) is 1. The smallest absolute Gasteiger partial charge is 0.223 e. The molecule has 1 heterocycles. The van der Waals surface area contributed by atoms with Gasteiger partial charge in [0.25, 0.3) is 0 Å². The van der Waals surface area contributed by atoms with E-state index in [2.05, 4.69) is 0 Å². The minimum absolute atomic E-state index is 0.201. The summed E-state index contributed by atoms with van der Waals surface area (Å²) >= 11 is 0. The molecular formula is C13H24N2O2. The molecule has 1 saturated heterocycles. The Bertz CT molecular complexity index is 244. The summed E-state index contributed by atoms with van der Waals surface area (Å²) < 4.78 is 6.08. The molecule has 0 aromatic carbocycles. The molecule has 1 aliphatic heterocycles. The van der Waals surface area contributed by atoms with Gasteiger partial charge < -0.3 is 15.4 Å². The van der Waals surface area contributed by atoms with Gasteiger partial charge in [-0.2, -0.15) is 0 Å². The monoisotopic (exact) mass is 240 g/mol. The van der Waals surface area contributed by atoms with E-state index in [1.807, 2.05) is 4.90 Å².